The van der Waals surface area contributed by atoms with Gasteiger partial charge in [-0.15, -0.1) is 12.4 Å². The number of anilines is 1. The van der Waals surface area contributed by atoms with Crippen LogP contribution in [-0.2, 0) is 4.79 Å². The summed E-state index contributed by atoms with van der Waals surface area (Å²) in [6.07, 6.45) is 6.11. The molecule has 1 fully saturated rings. The van der Waals surface area contributed by atoms with Crippen LogP contribution in [0.5, 0.6) is 0 Å². The summed E-state index contributed by atoms with van der Waals surface area (Å²) in [6, 6.07) is 7.14. The van der Waals surface area contributed by atoms with Crippen molar-refractivity contribution in [1.82, 2.24) is 4.90 Å². The number of nitrogens with two attached hydrogens (primary N) is 1. The predicted octanol–water partition coefficient (Wildman–Crippen LogP) is 3.83. The van der Waals surface area contributed by atoms with Crippen LogP contribution in [0, 0.1) is 5.41 Å². The molecule has 0 atom stereocenters. The Morgan fingerprint density at radius 3 is 2.15 bits per heavy atom. The molecule has 1 saturated carbocycles. The second-order valence-electron chi connectivity index (χ2n) is 7.04. The first-order valence-corrected chi connectivity index (χ1v) is 9.43. The van der Waals surface area contributed by atoms with Gasteiger partial charge in [0.25, 0.3) is 5.91 Å². The number of halogens is 1. The maximum absolute atomic E-state index is 12.4. The van der Waals surface area contributed by atoms with Gasteiger partial charge in [-0.25, -0.2) is 0 Å². The zero-order valence-electron chi connectivity index (χ0n) is 15.9. The number of carbonyl (C=O) groups is 2. The molecule has 5 nitrogen and oxygen atoms in total. The summed E-state index contributed by atoms with van der Waals surface area (Å²) in [6.45, 7) is 5.88. The van der Waals surface area contributed by atoms with Crippen molar-refractivity contribution in [3.8, 4) is 0 Å². The summed E-state index contributed by atoms with van der Waals surface area (Å²) in [4.78, 5) is 26.5. The molecular weight excluding hydrogens is 350 g/mol. The molecule has 3 N–H and O–H groups in total. The van der Waals surface area contributed by atoms with E-state index in [2.05, 4.69) is 5.32 Å². The van der Waals surface area contributed by atoms with Gasteiger partial charge in [0.1, 0.15) is 0 Å². The Morgan fingerprint density at radius 1 is 1.08 bits per heavy atom. The molecular formula is C20H32ClN3O2. The molecule has 2 rings (SSSR count). The summed E-state index contributed by atoms with van der Waals surface area (Å²) in [7, 11) is 0. The molecule has 0 aliphatic heterocycles. The van der Waals surface area contributed by atoms with E-state index in [0.717, 1.165) is 31.4 Å². The highest BCUT2D eigenvalue weighted by Crippen LogP contribution is 2.38. The molecule has 0 spiro atoms. The van der Waals surface area contributed by atoms with Crippen molar-refractivity contribution in [3.05, 3.63) is 29.8 Å². The van der Waals surface area contributed by atoms with Crippen LogP contribution in [0.15, 0.2) is 24.3 Å². The molecule has 1 aliphatic carbocycles. The Balaban J connectivity index is 0.00000338. The topological polar surface area (TPSA) is 75.4 Å². The standard InChI is InChI=1S/C20H31N3O2.ClH/c1-3-23(4-2)19(25)16-8-10-17(11-9-16)22-18(24)14-20(15-21)12-6-5-7-13-20;/h8-11H,3-7,12-15,21H2,1-2H3,(H,22,24);1H. The van der Waals surface area contributed by atoms with Crippen molar-refractivity contribution < 1.29 is 9.59 Å². The molecule has 146 valence electrons. The minimum atomic E-state index is -0.0407. The third kappa shape index (κ3) is 5.71. The fraction of sp³-hybridized carbons (Fsp3) is 0.600. The van der Waals surface area contributed by atoms with Crippen molar-refractivity contribution in [2.24, 2.45) is 11.1 Å². The second-order valence-corrected chi connectivity index (χ2v) is 7.04. The van der Waals surface area contributed by atoms with Gasteiger partial charge < -0.3 is 16.0 Å². The number of hydrogen-bond acceptors (Lipinski definition) is 3. The number of rotatable bonds is 7. The van der Waals surface area contributed by atoms with Crippen molar-refractivity contribution >= 4 is 29.9 Å². The lowest BCUT2D eigenvalue weighted by Gasteiger charge is -2.35. The number of hydrogen-bond donors (Lipinski definition) is 2. The van der Waals surface area contributed by atoms with Crippen LogP contribution in [0.4, 0.5) is 5.69 Å². The Hall–Kier alpha value is -1.59. The smallest absolute Gasteiger partial charge is 0.253 e. The Kier molecular flexibility index (Phi) is 9.09. The van der Waals surface area contributed by atoms with Crippen LogP contribution in [0.2, 0.25) is 0 Å². The molecule has 26 heavy (non-hydrogen) atoms. The Bertz CT molecular complexity index is 579. The van der Waals surface area contributed by atoms with Gasteiger partial charge in [0, 0.05) is 30.8 Å². The van der Waals surface area contributed by atoms with Crippen molar-refractivity contribution in [2.75, 3.05) is 25.0 Å². The molecule has 0 radical (unpaired) electrons. The fourth-order valence-electron chi connectivity index (χ4n) is 3.69. The molecule has 0 unspecified atom stereocenters. The quantitative estimate of drug-likeness (QED) is 0.753. The van der Waals surface area contributed by atoms with E-state index in [1.807, 2.05) is 13.8 Å². The van der Waals surface area contributed by atoms with Crippen LogP contribution in [0.25, 0.3) is 0 Å². The van der Waals surface area contributed by atoms with E-state index in [9.17, 15) is 9.59 Å². The van der Waals surface area contributed by atoms with Gasteiger partial charge in [0.05, 0.1) is 0 Å². The third-order valence-electron chi connectivity index (χ3n) is 5.35. The minimum Gasteiger partial charge on any atom is -0.339 e. The Morgan fingerprint density at radius 2 is 1.65 bits per heavy atom. The Labute approximate surface area is 163 Å². The van der Waals surface area contributed by atoms with Gasteiger partial charge in [-0.2, -0.15) is 0 Å². The predicted molar refractivity (Wildman–Crippen MR) is 109 cm³/mol. The van der Waals surface area contributed by atoms with Gasteiger partial charge in [0.15, 0.2) is 0 Å². The van der Waals surface area contributed by atoms with E-state index in [-0.39, 0.29) is 29.6 Å². The molecule has 0 heterocycles. The molecule has 1 aliphatic rings. The molecule has 0 aromatic heterocycles. The zero-order chi connectivity index (χ0) is 18.3. The zero-order valence-corrected chi connectivity index (χ0v) is 16.7. The molecule has 6 heteroatoms. The first-order chi connectivity index (χ1) is 12.0. The number of nitrogens with one attached hydrogen (secondary N) is 1. The van der Waals surface area contributed by atoms with E-state index >= 15 is 0 Å². The summed E-state index contributed by atoms with van der Waals surface area (Å²) in [5, 5.41) is 2.95. The van der Waals surface area contributed by atoms with E-state index in [4.69, 9.17) is 5.73 Å². The molecule has 0 saturated heterocycles. The van der Waals surface area contributed by atoms with Crippen molar-refractivity contribution in [3.63, 3.8) is 0 Å². The van der Waals surface area contributed by atoms with Gasteiger partial charge in [0.2, 0.25) is 5.91 Å². The third-order valence-corrected chi connectivity index (χ3v) is 5.35. The molecule has 2 amide bonds. The highest BCUT2D eigenvalue weighted by atomic mass is 35.5. The van der Waals surface area contributed by atoms with Crippen LogP contribution in [0.3, 0.4) is 0 Å². The summed E-state index contributed by atoms with van der Waals surface area (Å²) in [5.41, 5.74) is 7.30. The molecule has 0 bridgehead atoms. The SMILES string of the molecule is CCN(CC)C(=O)c1ccc(NC(=O)CC2(CN)CCCCC2)cc1.Cl. The number of nitrogens with zero attached hydrogens (tertiary/aromatic N) is 1. The monoisotopic (exact) mass is 381 g/mol. The van der Waals surface area contributed by atoms with Gasteiger partial charge in [-0.1, -0.05) is 19.3 Å². The average molecular weight is 382 g/mol. The number of carbonyl (C=O) groups excluding carboxylic acids is 2. The van der Waals surface area contributed by atoms with Crippen LogP contribution < -0.4 is 11.1 Å². The first kappa shape index (κ1) is 22.5. The minimum absolute atomic E-state index is 0. The summed E-state index contributed by atoms with van der Waals surface area (Å²) < 4.78 is 0. The van der Waals surface area contributed by atoms with Gasteiger partial charge in [-0.05, 0) is 62.9 Å². The molecule has 1 aromatic carbocycles. The largest absolute Gasteiger partial charge is 0.339 e. The molecule has 1 aromatic rings. The first-order valence-electron chi connectivity index (χ1n) is 9.43. The van der Waals surface area contributed by atoms with Gasteiger partial charge in [-0.3, -0.25) is 9.59 Å². The van der Waals surface area contributed by atoms with Crippen molar-refractivity contribution in [2.45, 2.75) is 52.4 Å². The van der Waals surface area contributed by atoms with Crippen LogP contribution in [0.1, 0.15) is 62.7 Å². The lowest BCUT2D eigenvalue weighted by Crippen LogP contribution is -2.36. The maximum Gasteiger partial charge on any atom is 0.253 e. The van der Waals surface area contributed by atoms with E-state index in [1.165, 1.54) is 6.42 Å². The number of benzene rings is 1. The maximum atomic E-state index is 12.4. The lowest BCUT2D eigenvalue weighted by atomic mass is 9.71. The fourth-order valence-corrected chi connectivity index (χ4v) is 3.69. The van der Waals surface area contributed by atoms with Gasteiger partial charge >= 0.3 is 0 Å². The number of amides is 2. The summed E-state index contributed by atoms with van der Waals surface area (Å²) in [5.74, 6) is 0.0299. The van der Waals surface area contributed by atoms with Crippen molar-refractivity contribution in [1.29, 1.82) is 0 Å². The lowest BCUT2D eigenvalue weighted by molar-refractivity contribution is -0.118. The summed E-state index contributed by atoms with van der Waals surface area (Å²) >= 11 is 0. The highest BCUT2D eigenvalue weighted by molar-refractivity contribution is 5.96. The van der Waals surface area contributed by atoms with Crippen LogP contribution in [-0.4, -0.2) is 36.3 Å². The highest BCUT2D eigenvalue weighted by Gasteiger charge is 2.32. The average Bonchev–Trinajstić information content (AvgIpc) is 2.64. The van der Waals surface area contributed by atoms with Crippen LogP contribution >= 0.6 is 12.4 Å². The van der Waals surface area contributed by atoms with E-state index < -0.39 is 0 Å². The second kappa shape index (κ2) is 10.5. The normalized spacial score (nSPS) is 15.7. The van der Waals surface area contributed by atoms with E-state index in [0.29, 0.717) is 31.6 Å². The van der Waals surface area contributed by atoms with E-state index in [1.54, 1.807) is 29.2 Å².